The minimum atomic E-state index is -0.305. The summed E-state index contributed by atoms with van der Waals surface area (Å²) in [4.78, 5) is 28.8. The van der Waals surface area contributed by atoms with Crippen LogP contribution in [0, 0.1) is 0 Å². The van der Waals surface area contributed by atoms with Crippen molar-refractivity contribution in [2.75, 3.05) is 50.1 Å². The molecule has 0 bridgehead atoms. The lowest BCUT2D eigenvalue weighted by Crippen LogP contribution is -2.36. The molecule has 2 aromatic carbocycles. The second kappa shape index (κ2) is 9.84. The third kappa shape index (κ3) is 5.09. The Hall–Kier alpha value is -3.36. The van der Waals surface area contributed by atoms with Crippen LogP contribution in [0.25, 0.3) is 5.69 Å². The van der Waals surface area contributed by atoms with Gasteiger partial charge in [-0.2, -0.15) is 5.10 Å². The molecule has 1 saturated heterocycles. The Kier molecular flexibility index (Phi) is 6.72. The van der Waals surface area contributed by atoms with Crippen molar-refractivity contribution in [3.63, 3.8) is 0 Å². The highest BCUT2D eigenvalue weighted by atomic mass is 35.5. The molecule has 2 amide bonds. The second-order valence-electron chi connectivity index (χ2n) is 7.48. The van der Waals surface area contributed by atoms with Crippen LogP contribution in [0.5, 0.6) is 0 Å². The fraction of sp³-hybridized carbons (Fsp3) is 0.261. The summed E-state index contributed by atoms with van der Waals surface area (Å²) in [5, 5.41) is 7.58. The van der Waals surface area contributed by atoms with Gasteiger partial charge in [-0.3, -0.25) is 9.59 Å². The van der Waals surface area contributed by atoms with E-state index in [0.29, 0.717) is 22.0 Å². The van der Waals surface area contributed by atoms with E-state index in [4.69, 9.17) is 16.3 Å². The molecule has 1 aliphatic heterocycles. The largest absolute Gasteiger partial charge is 0.378 e. The lowest BCUT2D eigenvalue weighted by Gasteiger charge is -2.28. The number of aromatic nitrogens is 2. The number of benzene rings is 2. The number of morpholine rings is 1. The Bertz CT molecular complexity index is 1090. The number of nitrogens with zero attached hydrogens (tertiary/aromatic N) is 4. The first kappa shape index (κ1) is 21.9. The summed E-state index contributed by atoms with van der Waals surface area (Å²) in [7, 11) is 1.58. The number of halogens is 1. The van der Waals surface area contributed by atoms with Crippen LogP contribution in [0.15, 0.2) is 60.9 Å². The van der Waals surface area contributed by atoms with Crippen LogP contribution in [-0.4, -0.2) is 66.4 Å². The Morgan fingerprint density at radius 1 is 1.12 bits per heavy atom. The van der Waals surface area contributed by atoms with Crippen molar-refractivity contribution in [3.05, 3.63) is 71.5 Å². The molecule has 0 unspecified atom stereocenters. The third-order valence-electron chi connectivity index (χ3n) is 5.18. The van der Waals surface area contributed by atoms with Crippen LogP contribution in [0.2, 0.25) is 5.02 Å². The molecule has 3 aromatic rings. The minimum Gasteiger partial charge on any atom is -0.378 e. The van der Waals surface area contributed by atoms with E-state index in [-0.39, 0.29) is 18.4 Å². The van der Waals surface area contributed by atoms with E-state index >= 15 is 0 Å². The highest BCUT2D eigenvalue weighted by Gasteiger charge is 2.18. The van der Waals surface area contributed by atoms with Crippen LogP contribution in [0.3, 0.4) is 0 Å². The van der Waals surface area contributed by atoms with Gasteiger partial charge in [0.2, 0.25) is 5.91 Å². The Morgan fingerprint density at radius 2 is 1.84 bits per heavy atom. The zero-order valence-electron chi connectivity index (χ0n) is 17.7. The number of ether oxygens (including phenoxy) is 1. The van der Waals surface area contributed by atoms with Gasteiger partial charge in [0.25, 0.3) is 5.91 Å². The number of carbonyl (C=O) groups excluding carboxylic acids is 2. The van der Waals surface area contributed by atoms with Gasteiger partial charge in [0.1, 0.15) is 0 Å². The normalized spacial score (nSPS) is 13.6. The van der Waals surface area contributed by atoms with E-state index < -0.39 is 0 Å². The highest BCUT2D eigenvalue weighted by Crippen LogP contribution is 2.20. The predicted octanol–water partition coefficient (Wildman–Crippen LogP) is 3.07. The zero-order chi connectivity index (χ0) is 22.5. The SMILES string of the molecule is CN(CC(=O)Nc1ccc(N2CCOCC2)cc1)C(=O)c1cnn(-c2ccccc2Cl)c1. The summed E-state index contributed by atoms with van der Waals surface area (Å²) in [6.45, 7) is 3.06. The number of anilines is 2. The molecule has 0 radical (unpaired) electrons. The molecule has 2 heterocycles. The molecule has 1 aromatic heterocycles. The minimum absolute atomic E-state index is 0.0820. The zero-order valence-corrected chi connectivity index (χ0v) is 18.5. The van der Waals surface area contributed by atoms with Crippen molar-refractivity contribution in [1.29, 1.82) is 0 Å². The topological polar surface area (TPSA) is 79.7 Å². The van der Waals surface area contributed by atoms with E-state index in [2.05, 4.69) is 15.3 Å². The molecule has 1 fully saturated rings. The number of para-hydroxylation sites is 1. The van der Waals surface area contributed by atoms with Gasteiger partial charge < -0.3 is 19.9 Å². The van der Waals surface area contributed by atoms with Crippen molar-refractivity contribution in [1.82, 2.24) is 14.7 Å². The molecule has 9 heteroatoms. The van der Waals surface area contributed by atoms with Gasteiger partial charge in [0.15, 0.2) is 0 Å². The van der Waals surface area contributed by atoms with E-state index in [1.807, 2.05) is 42.5 Å². The number of likely N-dealkylation sites (N-methyl/N-ethyl adjacent to an activating group) is 1. The molecule has 1 aliphatic rings. The maximum atomic E-state index is 12.7. The van der Waals surface area contributed by atoms with E-state index in [0.717, 1.165) is 32.0 Å². The molecule has 0 spiro atoms. The number of rotatable bonds is 6. The van der Waals surface area contributed by atoms with Crippen molar-refractivity contribution in [2.45, 2.75) is 0 Å². The monoisotopic (exact) mass is 453 g/mol. The van der Waals surface area contributed by atoms with E-state index in [1.165, 1.54) is 11.1 Å². The molecule has 8 nitrogen and oxygen atoms in total. The average molecular weight is 454 g/mol. The molecule has 0 aliphatic carbocycles. The number of nitrogens with one attached hydrogen (secondary N) is 1. The maximum absolute atomic E-state index is 12.7. The van der Waals surface area contributed by atoms with Gasteiger partial charge in [0.05, 0.1) is 42.2 Å². The summed E-state index contributed by atoms with van der Waals surface area (Å²) in [5.74, 6) is -0.584. The van der Waals surface area contributed by atoms with Gasteiger partial charge in [-0.25, -0.2) is 4.68 Å². The Labute approximate surface area is 191 Å². The molecule has 166 valence electrons. The average Bonchev–Trinajstić information content (AvgIpc) is 3.30. The van der Waals surface area contributed by atoms with Crippen LogP contribution in [0.4, 0.5) is 11.4 Å². The first-order valence-electron chi connectivity index (χ1n) is 10.3. The third-order valence-corrected chi connectivity index (χ3v) is 5.50. The van der Waals surface area contributed by atoms with Crippen molar-refractivity contribution in [2.24, 2.45) is 0 Å². The van der Waals surface area contributed by atoms with E-state index in [9.17, 15) is 9.59 Å². The van der Waals surface area contributed by atoms with Gasteiger partial charge in [-0.15, -0.1) is 0 Å². The molecule has 0 saturated carbocycles. The molecule has 1 N–H and O–H groups in total. The van der Waals surface area contributed by atoms with Crippen LogP contribution >= 0.6 is 11.6 Å². The lowest BCUT2D eigenvalue weighted by molar-refractivity contribution is -0.116. The summed E-state index contributed by atoms with van der Waals surface area (Å²) in [5.41, 5.74) is 2.82. The van der Waals surface area contributed by atoms with Crippen LogP contribution in [-0.2, 0) is 9.53 Å². The maximum Gasteiger partial charge on any atom is 0.257 e. The van der Waals surface area contributed by atoms with Crippen LogP contribution < -0.4 is 10.2 Å². The number of carbonyl (C=O) groups is 2. The van der Waals surface area contributed by atoms with Crippen LogP contribution in [0.1, 0.15) is 10.4 Å². The van der Waals surface area contributed by atoms with Gasteiger partial charge in [0, 0.05) is 37.7 Å². The molecular formula is C23H24ClN5O3. The predicted molar refractivity (Wildman–Crippen MR) is 124 cm³/mol. The summed E-state index contributed by atoms with van der Waals surface area (Å²) in [6, 6.07) is 14.9. The fourth-order valence-corrected chi connectivity index (χ4v) is 3.71. The first-order valence-corrected chi connectivity index (χ1v) is 10.7. The van der Waals surface area contributed by atoms with Gasteiger partial charge in [-0.1, -0.05) is 23.7 Å². The molecular weight excluding hydrogens is 430 g/mol. The number of amides is 2. The van der Waals surface area contributed by atoms with Crippen molar-refractivity contribution in [3.8, 4) is 5.69 Å². The highest BCUT2D eigenvalue weighted by molar-refractivity contribution is 6.32. The Balaban J connectivity index is 1.33. The smallest absolute Gasteiger partial charge is 0.257 e. The molecule has 4 rings (SSSR count). The molecule has 32 heavy (non-hydrogen) atoms. The summed E-state index contributed by atoms with van der Waals surface area (Å²) >= 11 is 6.19. The standard InChI is InChI=1S/C23H24ClN5O3/c1-27(23(31)17-14-25-29(15-17)21-5-3-2-4-20(21)24)16-22(30)26-18-6-8-19(9-7-18)28-10-12-32-13-11-28/h2-9,14-15H,10-13,16H2,1H3,(H,26,30). The first-order chi connectivity index (χ1) is 15.5. The number of hydrogen-bond donors (Lipinski definition) is 1. The Morgan fingerprint density at radius 3 is 2.56 bits per heavy atom. The molecule has 0 atom stereocenters. The summed E-state index contributed by atoms with van der Waals surface area (Å²) < 4.78 is 6.91. The van der Waals surface area contributed by atoms with Gasteiger partial charge >= 0.3 is 0 Å². The lowest BCUT2D eigenvalue weighted by atomic mass is 10.2. The quantitative estimate of drug-likeness (QED) is 0.620. The second-order valence-corrected chi connectivity index (χ2v) is 7.89. The van der Waals surface area contributed by atoms with E-state index in [1.54, 1.807) is 24.0 Å². The number of hydrogen-bond acceptors (Lipinski definition) is 5. The van der Waals surface area contributed by atoms with Gasteiger partial charge in [-0.05, 0) is 36.4 Å². The fourth-order valence-electron chi connectivity index (χ4n) is 3.49. The summed E-state index contributed by atoms with van der Waals surface area (Å²) in [6.07, 6.45) is 3.06. The van der Waals surface area contributed by atoms with Crippen molar-refractivity contribution < 1.29 is 14.3 Å². The van der Waals surface area contributed by atoms with Crippen molar-refractivity contribution >= 4 is 34.8 Å².